The van der Waals surface area contributed by atoms with Gasteiger partial charge in [-0.2, -0.15) is 0 Å². The second-order valence-corrected chi connectivity index (χ2v) is 3.73. The third kappa shape index (κ3) is 1.39. The van der Waals surface area contributed by atoms with Crippen LogP contribution in [0.1, 0.15) is 0 Å². The first-order valence-corrected chi connectivity index (χ1v) is 4.84. The number of aromatic nitrogens is 1. The molecule has 1 heterocycles. The Morgan fingerprint density at radius 1 is 1.00 bits per heavy atom. The average Bonchev–Trinajstić information content (AvgIpc) is 2.57. The summed E-state index contributed by atoms with van der Waals surface area (Å²) in [6, 6.07) is 12.4. The van der Waals surface area contributed by atoms with Gasteiger partial charge in [0.15, 0.2) is 0 Å². The molecule has 12 heavy (non-hydrogen) atoms. The Balaban J connectivity index is 2.55. The number of hydrogen-bond donors (Lipinski definition) is 1. The van der Waals surface area contributed by atoms with Crippen LogP contribution in [0.15, 0.2) is 42.6 Å². The minimum atomic E-state index is 1.18. The van der Waals surface area contributed by atoms with E-state index in [4.69, 9.17) is 0 Å². The van der Waals surface area contributed by atoms with E-state index in [9.17, 15) is 0 Å². The first-order valence-electron chi connectivity index (χ1n) is 3.76. The van der Waals surface area contributed by atoms with Crippen molar-refractivity contribution in [3.63, 3.8) is 0 Å². The van der Waals surface area contributed by atoms with Crippen LogP contribution in [0.3, 0.4) is 0 Å². The summed E-state index contributed by atoms with van der Waals surface area (Å²) >= 11 is 2.34. The van der Waals surface area contributed by atoms with Gasteiger partial charge in [-0.3, -0.25) is 0 Å². The van der Waals surface area contributed by atoms with Crippen LogP contribution in [0.2, 0.25) is 0 Å². The molecular formula is C10H8IN. The third-order valence-electron chi connectivity index (χ3n) is 1.76. The van der Waals surface area contributed by atoms with Crippen LogP contribution in [0.4, 0.5) is 0 Å². The van der Waals surface area contributed by atoms with Crippen LogP contribution in [-0.2, 0) is 0 Å². The van der Waals surface area contributed by atoms with Crippen molar-refractivity contribution in [2.24, 2.45) is 0 Å². The van der Waals surface area contributed by atoms with E-state index < -0.39 is 0 Å². The summed E-state index contributed by atoms with van der Waals surface area (Å²) in [5, 5.41) is 0. The fourth-order valence-electron chi connectivity index (χ4n) is 1.18. The lowest BCUT2D eigenvalue weighted by Gasteiger charge is -1.99. The van der Waals surface area contributed by atoms with Crippen LogP contribution >= 0.6 is 22.6 Å². The molecule has 0 saturated heterocycles. The van der Waals surface area contributed by atoms with Gasteiger partial charge in [0.05, 0.1) is 0 Å². The Morgan fingerprint density at radius 3 is 2.50 bits per heavy atom. The van der Waals surface area contributed by atoms with E-state index in [1.807, 2.05) is 18.3 Å². The summed E-state index contributed by atoms with van der Waals surface area (Å²) in [5.74, 6) is 0. The average molecular weight is 269 g/mol. The number of H-pyrrole nitrogens is 1. The van der Waals surface area contributed by atoms with Gasteiger partial charge < -0.3 is 4.98 Å². The summed E-state index contributed by atoms with van der Waals surface area (Å²) in [6.07, 6.45) is 1.94. The fraction of sp³-hybridized carbons (Fsp3) is 0. The highest BCUT2D eigenvalue weighted by molar-refractivity contribution is 14.1. The maximum atomic E-state index is 3.19. The number of hydrogen-bond acceptors (Lipinski definition) is 0. The molecule has 1 aromatic heterocycles. The molecule has 1 N–H and O–H groups in total. The van der Waals surface area contributed by atoms with Gasteiger partial charge in [0.25, 0.3) is 0 Å². The van der Waals surface area contributed by atoms with Crippen molar-refractivity contribution in [1.29, 1.82) is 0 Å². The number of rotatable bonds is 1. The predicted octanol–water partition coefficient (Wildman–Crippen LogP) is 3.29. The quantitative estimate of drug-likeness (QED) is 0.764. The zero-order valence-corrected chi connectivity index (χ0v) is 8.58. The fourth-order valence-corrected chi connectivity index (χ4v) is 1.86. The summed E-state index contributed by atoms with van der Waals surface area (Å²) in [4.78, 5) is 3.19. The molecule has 0 fully saturated rings. The van der Waals surface area contributed by atoms with E-state index in [2.05, 4.69) is 51.8 Å². The molecule has 60 valence electrons. The minimum Gasteiger partial charge on any atom is -0.361 e. The summed E-state index contributed by atoms with van der Waals surface area (Å²) in [5.41, 5.74) is 2.45. The Hall–Kier alpha value is -0.770. The van der Waals surface area contributed by atoms with Crippen molar-refractivity contribution in [2.75, 3.05) is 0 Å². The second kappa shape index (κ2) is 3.31. The Morgan fingerprint density at radius 2 is 1.83 bits per heavy atom. The molecule has 0 saturated carbocycles. The lowest BCUT2D eigenvalue weighted by atomic mass is 10.2. The van der Waals surface area contributed by atoms with E-state index >= 15 is 0 Å². The van der Waals surface area contributed by atoms with E-state index in [-0.39, 0.29) is 0 Å². The Bertz CT molecular complexity index is 365. The van der Waals surface area contributed by atoms with Crippen LogP contribution in [-0.4, -0.2) is 4.98 Å². The van der Waals surface area contributed by atoms with Gasteiger partial charge in [0.2, 0.25) is 0 Å². The van der Waals surface area contributed by atoms with Crippen LogP contribution in [0.25, 0.3) is 11.3 Å². The van der Waals surface area contributed by atoms with E-state index in [1.165, 1.54) is 14.8 Å². The highest BCUT2D eigenvalue weighted by Gasteiger charge is 2.00. The first-order chi connectivity index (χ1) is 5.88. The molecule has 0 unspecified atom stereocenters. The lowest BCUT2D eigenvalue weighted by Crippen LogP contribution is -1.80. The zero-order valence-electron chi connectivity index (χ0n) is 6.42. The second-order valence-electron chi connectivity index (χ2n) is 2.56. The molecule has 0 aliphatic heterocycles. The molecule has 2 rings (SSSR count). The predicted molar refractivity (Wildman–Crippen MR) is 58.9 cm³/mol. The number of nitrogens with one attached hydrogen (secondary N) is 1. The molecule has 0 amide bonds. The number of halogens is 1. The molecular weight excluding hydrogens is 261 g/mol. The van der Waals surface area contributed by atoms with Gasteiger partial charge in [-0.1, -0.05) is 18.2 Å². The molecule has 0 bridgehead atoms. The number of aromatic amines is 1. The molecule has 0 atom stereocenters. The summed E-state index contributed by atoms with van der Waals surface area (Å²) < 4.78 is 1.28. The third-order valence-corrected chi connectivity index (χ3v) is 2.70. The highest BCUT2D eigenvalue weighted by atomic mass is 127. The molecule has 1 aromatic carbocycles. The Kier molecular flexibility index (Phi) is 2.17. The topological polar surface area (TPSA) is 15.8 Å². The van der Waals surface area contributed by atoms with Gasteiger partial charge in [0, 0.05) is 21.0 Å². The van der Waals surface area contributed by atoms with Crippen molar-refractivity contribution in [3.8, 4) is 11.3 Å². The van der Waals surface area contributed by atoms with Gasteiger partial charge in [-0.25, -0.2) is 0 Å². The summed E-state index contributed by atoms with van der Waals surface area (Å²) in [6.45, 7) is 0. The van der Waals surface area contributed by atoms with Crippen molar-refractivity contribution >= 4 is 22.6 Å². The molecule has 2 heteroatoms. The zero-order chi connectivity index (χ0) is 8.39. The van der Waals surface area contributed by atoms with Crippen molar-refractivity contribution < 1.29 is 0 Å². The maximum absolute atomic E-state index is 3.19. The molecule has 0 spiro atoms. The van der Waals surface area contributed by atoms with Gasteiger partial charge in [-0.15, -0.1) is 0 Å². The van der Waals surface area contributed by atoms with E-state index in [0.29, 0.717) is 0 Å². The first kappa shape index (κ1) is 7.86. The SMILES string of the molecule is Ic1ccccc1-c1ccc[nH]1. The molecule has 0 aliphatic rings. The smallest absolute Gasteiger partial charge is 0.0464 e. The normalized spacial score (nSPS) is 10.1. The Labute approximate surface area is 85.0 Å². The minimum absolute atomic E-state index is 1.18. The van der Waals surface area contributed by atoms with Crippen molar-refractivity contribution in [2.45, 2.75) is 0 Å². The van der Waals surface area contributed by atoms with Crippen molar-refractivity contribution in [3.05, 3.63) is 46.2 Å². The summed E-state index contributed by atoms with van der Waals surface area (Å²) in [7, 11) is 0. The van der Waals surface area contributed by atoms with Crippen LogP contribution in [0, 0.1) is 3.57 Å². The molecule has 0 radical (unpaired) electrons. The van der Waals surface area contributed by atoms with Crippen LogP contribution < -0.4 is 0 Å². The van der Waals surface area contributed by atoms with E-state index in [1.54, 1.807) is 0 Å². The molecule has 1 nitrogen and oxygen atoms in total. The standard InChI is InChI=1S/C10H8IN/c11-9-5-2-1-4-8(9)10-6-3-7-12-10/h1-7,12H. The van der Waals surface area contributed by atoms with E-state index in [0.717, 1.165) is 0 Å². The van der Waals surface area contributed by atoms with Gasteiger partial charge in [0.1, 0.15) is 0 Å². The van der Waals surface area contributed by atoms with Gasteiger partial charge >= 0.3 is 0 Å². The lowest BCUT2D eigenvalue weighted by molar-refractivity contribution is 1.39. The molecule has 2 aromatic rings. The monoisotopic (exact) mass is 269 g/mol. The highest BCUT2D eigenvalue weighted by Crippen LogP contribution is 2.22. The largest absolute Gasteiger partial charge is 0.361 e. The van der Waals surface area contributed by atoms with Gasteiger partial charge in [-0.05, 0) is 40.8 Å². The van der Waals surface area contributed by atoms with Crippen molar-refractivity contribution in [1.82, 2.24) is 4.98 Å². The number of benzene rings is 1. The van der Waals surface area contributed by atoms with Crippen LogP contribution in [0.5, 0.6) is 0 Å². The molecule has 0 aliphatic carbocycles. The maximum Gasteiger partial charge on any atom is 0.0464 e.